The van der Waals surface area contributed by atoms with Crippen molar-refractivity contribution in [3.05, 3.63) is 28.4 Å². The zero-order chi connectivity index (χ0) is 15.5. The van der Waals surface area contributed by atoms with Crippen molar-refractivity contribution in [2.75, 3.05) is 5.32 Å². The van der Waals surface area contributed by atoms with Crippen molar-refractivity contribution in [1.29, 1.82) is 0 Å². The number of pyridine rings is 1. The molecule has 1 aromatic heterocycles. The maximum absolute atomic E-state index is 10.8. The van der Waals surface area contributed by atoms with Crippen molar-refractivity contribution in [2.45, 2.75) is 51.5 Å². The fourth-order valence-corrected chi connectivity index (χ4v) is 5.87. The Morgan fingerprint density at radius 2 is 2.18 bits per heavy atom. The van der Waals surface area contributed by atoms with Crippen molar-refractivity contribution in [1.82, 2.24) is 4.98 Å². The Hall–Kier alpha value is -1.65. The molecule has 22 heavy (non-hydrogen) atoms. The van der Waals surface area contributed by atoms with E-state index in [2.05, 4.69) is 24.1 Å². The summed E-state index contributed by atoms with van der Waals surface area (Å²) in [6, 6.07) is 3.30. The van der Waals surface area contributed by atoms with E-state index < -0.39 is 4.92 Å². The monoisotopic (exact) mass is 301 g/mol. The van der Waals surface area contributed by atoms with Crippen LogP contribution in [-0.4, -0.2) is 15.4 Å². The second kappa shape index (κ2) is 4.43. The highest BCUT2D eigenvalue weighted by Gasteiger charge is 2.59. The predicted molar refractivity (Wildman–Crippen MR) is 84.6 cm³/mol. The summed E-state index contributed by atoms with van der Waals surface area (Å²) in [6.45, 7) is 4.82. The molecule has 4 bridgehead atoms. The number of rotatable bonds is 3. The van der Waals surface area contributed by atoms with E-state index in [0.29, 0.717) is 11.3 Å². The van der Waals surface area contributed by atoms with E-state index >= 15 is 0 Å². The Labute approximate surface area is 130 Å². The minimum atomic E-state index is -0.398. The average Bonchev–Trinajstić information content (AvgIpc) is 2.43. The summed E-state index contributed by atoms with van der Waals surface area (Å²) in [5, 5.41) is 14.5. The zero-order valence-corrected chi connectivity index (χ0v) is 13.2. The lowest BCUT2D eigenvalue weighted by molar-refractivity contribution is -0.385. The number of nitro groups is 1. The first kappa shape index (κ1) is 14.0. The largest absolute Gasteiger partial charge is 0.364 e. The van der Waals surface area contributed by atoms with Gasteiger partial charge in [-0.05, 0) is 61.3 Å². The van der Waals surface area contributed by atoms with Gasteiger partial charge >= 0.3 is 0 Å². The van der Waals surface area contributed by atoms with E-state index in [4.69, 9.17) is 0 Å². The van der Waals surface area contributed by atoms with Gasteiger partial charge in [0.1, 0.15) is 12.0 Å². The summed E-state index contributed by atoms with van der Waals surface area (Å²) in [6.07, 6.45) is 7.89. The van der Waals surface area contributed by atoms with Crippen molar-refractivity contribution in [2.24, 2.45) is 23.2 Å². The van der Waals surface area contributed by atoms with Crippen molar-refractivity contribution >= 4 is 11.5 Å². The van der Waals surface area contributed by atoms with Gasteiger partial charge in [-0.1, -0.05) is 13.8 Å². The van der Waals surface area contributed by atoms with Gasteiger partial charge in [0.25, 0.3) is 5.69 Å². The topological polar surface area (TPSA) is 68.1 Å². The zero-order valence-electron chi connectivity index (χ0n) is 13.2. The number of hydrogen-bond acceptors (Lipinski definition) is 4. The highest BCUT2D eigenvalue weighted by molar-refractivity contribution is 5.43. The van der Waals surface area contributed by atoms with Gasteiger partial charge in [0, 0.05) is 11.6 Å². The van der Waals surface area contributed by atoms with Gasteiger partial charge in [-0.25, -0.2) is 4.98 Å². The molecule has 0 spiro atoms. The fourth-order valence-electron chi connectivity index (χ4n) is 5.87. The molecule has 5 rings (SSSR count). The van der Waals surface area contributed by atoms with Crippen LogP contribution in [-0.2, 0) is 0 Å². The first-order valence-corrected chi connectivity index (χ1v) is 8.28. The van der Waals surface area contributed by atoms with Gasteiger partial charge in [0.05, 0.1) is 4.92 Å². The van der Waals surface area contributed by atoms with Crippen LogP contribution < -0.4 is 5.32 Å². The van der Waals surface area contributed by atoms with E-state index in [1.54, 1.807) is 12.1 Å². The predicted octanol–water partition coefficient (Wildman–Crippen LogP) is 4.01. The molecule has 5 nitrogen and oxygen atoms in total. The molecule has 1 aromatic rings. The van der Waals surface area contributed by atoms with Gasteiger partial charge in [-0.2, -0.15) is 0 Å². The number of nitrogens with zero attached hydrogens (tertiary/aromatic N) is 2. The first-order chi connectivity index (χ1) is 10.4. The first-order valence-electron chi connectivity index (χ1n) is 8.28. The fraction of sp³-hybridized carbons (Fsp3) is 0.706. The van der Waals surface area contributed by atoms with Gasteiger partial charge < -0.3 is 5.32 Å². The lowest BCUT2D eigenvalue weighted by Crippen LogP contribution is -2.63. The summed E-state index contributed by atoms with van der Waals surface area (Å²) in [5.74, 6) is 3.08. The van der Waals surface area contributed by atoms with Crippen LogP contribution in [0.15, 0.2) is 18.3 Å². The quantitative estimate of drug-likeness (QED) is 0.676. The van der Waals surface area contributed by atoms with E-state index in [-0.39, 0.29) is 11.2 Å². The van der Waals surface area contributed by atoms with Gasteiger partial charge in [-0.3, -0.25) is 10.1 Å². The maximum Gasteiger partial charge on any atom is 0.287 e. The Morgan fingerprint density at radius 3 is 2.82 bits per heavy atom. The summed E-state index contributed by atoms with van der Waals surface area (Å²) in [7, 11) is 0. The molecule has 1 heterocycles. The molecule has 0 radical (unpaired) electrons. The normalized spacial score (nSPS) is 42.4. The summed E-state index contributed by atoms with van der Waals surface area (Å²) >= 11 is 0. The molecule has 5 atom stereocenters. The maximum atomic E-state index is 10.8. The number of nitrogens with one attached hydrogen (secondary N) is 1. The third-order valence-electron chi connectivity index (χ3n) is 6.48. The van der Waals surface area contributed by atoms with E-state index in [0.717, 1.165) is 17.7 Å². The summed E-state index contributed by atoms with van der Waals surface area (Å²) < 4.78 is 0. The van der Waals surface area contributed by atoms with Crippen molar-refractivity contribution in [3.8, 4) is 0 Å². The molecule has 0 amide bonds. The van der Waals surface area contributed by atoms with Crippen LogP contribution in [0, 0.1) is 33.3 Å². The van der Waals surface area contributed by atoms with E-state index in [1.165, 1.54) is 38.3 Å². The smallest absolute Gasteiger partial charge is 0.287 e. The van der Waals surface area contributed by atoms with Crippen LogP contribution in [0.25, 0.3) is 0 Å². The van der Waals surface area contributed by atoms with Gasteiger partial charge in [0.15, 0.2) is 0 Å². The SMILES string of the molecule is C[C@@H]1[C@H]2C[C@H]3C[C@@](C)(C2)C[C@@]1(Nc1ccc([N+](=O)[O-])cn1)C3. The third kappa shape index (κ3) is 2.02. The van der Waals surface area contributed by atoms with E-state index in [9.17, 15) is 10.1 Å². The molecular formula is C17H23N3O2. The van der Waals surface area contributed by atoms with Crippen LogP contribution in [0.2, 0.25) is 0 Å². The van der Waals surface area contributed by atoms with E-state index in [1.807, 2.05) is 0 Å². The van der Waals surface area contributed by atoms with Crippen LogP contribution in [0.3, 0.4) is 0 Å². The molecule has 4 fully saturated rings. The second-order valence-electron chi connectivity index (χ2n) is 8.19. The van der Waals surface area contributed by atoms with Gasteiger partial charge in [-0.15, -0.1) is 0 Å². The lowest BCUT2D eigenvalue weighted by atomic mass is 9.44. The number of anilines is 1. The molecule has 4 aliphatic rings. The molecular weight excluding hydrogens is 278 g/mol. The lowest BCUT2D eigenvalue weighted by Gasteiger charge is -2.64. The minimum Gasteiger partial charge on any atom is -0.364 e. The molecule has 4 aliphatic carbocycles. The summed E-state index contributed by atoms with van der Waals surface area (Å²) in [5.41, 5.74) is 0.643. The highest BCUT2D eigenvalue weighted by Crippen LogP contribution is 2.64. The third-order valence-corrected chi connectivity index (χ3v) is 6.48. The molecule has 4 saturated carbocycles. The van der Waals surface area contributed by atoms with Crippen LogP contribution in [0.4, 0.5) is 11.5 Å². The molecule has 0 unspecified atom stereocenters. The molecule has 118 valence electrons. The Kier molecular flexibility index (Phi) is 2.81. The Morgan fingerprint density at radius 1 is 1.36 bits per heavy atom. The Bertz CT molecular complexity index is 617. The molecule has 5 heteroatoms. The van der Waals surface area contributed by atoms with Crippen molar-refractivity contribution in [3.63, 3.8) is 0 Å². The minimum absolute atomic E-state index is 0.0519. The number of aromatic nitrogens is 1. The molecule has 0 aliphatic heterocycles. The van der Waals surface area contributed by atoms with Crippen LogP contribution in [0.5, 0.6) is 0 Å². The second-order valence-corrected chi connectivity index (χ2v) is 8.19. The van der Waals surface area contributed by atoms with Gasteiger partial charge in [0.2, 0.25) is 0 Å². The van der Waals surface area contributed by atoms with Crippen LogP contribution >= 0.6 is 0 Å². The molecule has 0 aromatic carbocycles. The summed E-state index contributed by atoms with van der Waals surface area (Å²) in [4.78, 5) is 14.6. The molecule has 1 N–H and O–H groups in total. The average molecular weight is 301 g/mol. The van der Waals surface area contributed by atoms with Crippen molar-refractivity contribution < 1.29 is 4.92 Å². The number of hydrogen-bond donors (Lipinski definition) is 1. The molecule has 0 saturated heterocycles. The Balaban J connectivity index is 1.62. The highest BCUT2D eigenvalue weighted by atomic mass is 16.6. The standard InChI is InChI=1S/C17H23N3O2/c1-11-13-5-12-6-16(2,8-13)10-17(11,7-12)19-15-4-3-14(9-18-15)20(21)22/h3-4,9,11-13H,5-8,10H2,1-2H3,(H,18,19)/t11-,12+,13+,16+,17+/m1/s1. The van der Waals surface area contributed by atoms with Crippen LogP contribution in [0.1, 0.15) is 46.0 Å².